The number of hydrogen-bond acceptors (Lipinski definition) is 2. The Morgan fingerprint density at radius 2 is 1.56 bits per heavy atom. The first-order chi connectivity index (χ1) is 8.54. The SMILES string of the molecule is COc1c(Cl)cncc1-c1c(Cl)cc(Cl)cc1Cl. The maximum Gasteiger partial charge on any atom is 0.148 e. The molecule has 1 aromatic heterocycles. The van der Waals surface area contributed by atoms with Gasteiger partial charge in [-0.1, -0.05) is 46.4 Å². The van der Waals surface area contributed by atoms with Gasteiger partial charge in [0.2, 0.25) is 0 Å². The zero-order valence-electron chi connectivity index (χ0n) is 9.18. The molecule has 1 aromatic carbocycles. The van der Waals surface area contributed by atoms with Crippen molar-refractivity contribution in [1.82, 2.24) is 4.98 Å². The van der Waals surface area contributed by atoms with Gasteiger partial charge in [0.25, 0.3) is 0 Å². The second-order valence-corrected chi connectivity index (χ2v) is 5.10. The molecule has 0 atom stereocenters. The summed E-state index contributed by atoms with van der Waals surface area (Å²) in [4.78, 5) is 4.01. The lowest BCUT2D eigenvalue weighted by molar-refractivity contribution is 0.416. The summed E-state index contributed by atoms with van der Waals surface area (Å²) in [6.45, 7) is 0. The monoisotopic (exact) mass is 321 g/mol. The number of methoxy groups -OCH3 is 1. The molecular formula is C12H7Cl4NO. The Morgan fingerprint density at radius 1 is 0.944 bits per heavy atom. The topological polar surface area (TPSA) is 22.1 Å². The summed E-state index contributed by atoms with van der Waals surface area (Å²) in [6, 6.07) is 3.20. The lowest BCUT2D eigenvalue weighted by Gasteiger charge is -2.12. The highest BCUT2D eigenvalue weighted by Crippen LogP contribution is 2.43. The Balaban J connectivity index is 2.73. The van der Waals surface area contributed by atoms with Crippen LogP contribution in [0.1, 0.15) is 0 Å². The van der Waals surface area contributed by atoms with Crippen molar-refractivity contribution in [3.05, 3.63) is 44.6 Å². The summed E-state index contributed by atoms with van der Waals surface area (Å²) in [5.41, 5.74) is 1.21. The van der Waals surface area contributed by atoms with Crippen molar-refractivity contribution >= 4 is 46.4 Å². The molecule has 0 saturated carbocycles. The molecule has 0 saturated heterocycles. The van der Waals surface area contributed by atoms with Gasteiger partial charge in [-0.3, -0.25) is 4.98 Å². The number of aromatic nitrogens is 1. The summed E-state index contributed by atoms with van der Waals surface area (Å²) < 4.78 is 5.25. The summed E-state index contributed by atoms with van der Waals surface area (Å²) in [6.07, 6.45) is 3.08. The van der Waals surface area contributed by atoms with Gasteiger partial charge >= 0.3 is 0 Å². The number of pyridine rings is 1. The Kier molecular flexibility index (Phi) is 4.23. The maximum atomic E-state index is 6.16. The van der Waals surface area contributed by atoms with Crippen LogP contribution < -0.4 is 4.74 Å². The molecule has 2 nitrogen and oxygen atoms in total. The van der Waals surface area contributed by atoms with Gasteiger partial charge in [-0.15, -0.1) is 0 Å². The van der Waals surface area contributed by atoms with E-state index in [1.54, 1.807) is 18.3 Å². The normalized spacial score (nSPS) is 10.5. The van der Waals surface area contributed by atoms with Gasteiger partial charge in [-0.05, 0) is 12.1 Å². The van der Waals surface area contributed by atoms with E-state index in [2.05, 4.69) is 4.98 Å². The lowest BCUT2D eigenvalue weighted by Crippen LogP contribution is -1.92. The van der Waals surface area contributed by atoms with Crippen molar-refractivity contribution in [2.24, 2.45) is 0 Å². The molecule has 0 aliphatic rings. The summed E-state index contributed by atoms with van der Waals surface area (Å²) >= 11 is 24.2. The second kappa shape index (κ2) is 5.54. The number of rotatable bonds is 2. The van der Waals surface area contributed by atoms with E-state index in [1.165, 1.54) is 13.3 Å². The van der Waals surface area contributed by atoms with Crippen LogP contribution in [0, 0.1) is 0 Å². The van der Waals surface area contributed by atoms with Crippen LogP contribution in [-0.2, 0) is 0 Å². The molecule has 18 heavy (non-hydrogen) atoms. The highest BCUT2D eigenvalue weighted by atomic mass is 35.5. The maximum absolute atomic E-state index is 6.16. The minimum absolute atomic E-state index is 0.386. The molecule has 1 heterocycles. The minimum Gasteiger partial charge on any atom is -0.494 e. The van der Waals surface area contributed by atoms with Crippen LogP contribution >= 0.6 is 46.4 Å². The molecule has 0 aliphatic carbocycles. The van der Waals surface area contributed by atoms with Gasteiger partial charge in [0.1, 0.15) is 10.8 Å². The molecule has 0 aliphatic heterocycles. The predicted molar refractivity (Wildman–Crippen MR) is 76.3 cm³/mol. The average molecular weight is 323 g/mol. The van der Waals surface area contributed by atoms with E-state index < -0.39 is 0 Å². The smallest absolute Gasteiger partial charge is 0.148 e. The molecule has 0 unspecified atom stereocenters. The average Bonchev–Trinajstić information content (AvgIpc) is 2.27. The molecule has 0 fully saturated rings. The lowest BCUT2D eigenvalue weighted by atomic mass is 10.1. The molecule has 0 spiro atoms. The van der Waals surface area contributed by atoms with Crippen LogP contribution in [0.2, 0.25) is 20.1 Å². The highest BCUT2D eigenvalue weighted by Gasteiger charge is 2.17. The third-order valence-corrected chi connectivity index (χ3v) is 3.42. The Bertz CT molecular complexity index is 578. The largest absolute Gasteiger partial charge is 0.494 e. The van der Waals surface area contributed by atoms with E-state index in [0.29, 0.717) is 37.0 Å². The fourth-order valence-electron chi connectivity index (χ4n) is 1.61. The third-order valence-electron chi connectivity index (χ3n) is 2.33. The molecule has 0 bridgehead atoms. The highest BCUT2D eigenvalue weighted by molar-refractivity contribution is 6.42. The van der Waals surface area contributed by atoms with Crippen LogP contribution in [0.15, 0.2) is 24.5 Å². The Morgan fingerprint density at radius 3 is 2.11 bits per heavy atom. The standard InChI is InChI=1S/C12H7Cl4NO/c1-18-12-7(4-17-5-10(12)16)11-8(14)2-6(13)3-9(11)15/h2-5H,1H3. The molecule has 0 N–H and O–H groups in total. The summed E-state index contributed by atoms with van der Waals surface area (Å²) in [5, 5.41) is 1.67. The van der Waals surface area contributed by atoms with E-state index in [0.717, 1.165) is 0 Å². The van der Waals surface area contributed by atoms with E-state index >= 15 is 0 Å². The van der Waals surface area contributed by atoms with Gasteiger partial charge in [0.15, 0.2) is 0 Å². The number of halogens is 4. The van der Waals surface area contributed by atoms with Crippen molar-refractivity contribution in [3.8, 4) is 16.9 Å². The van der Waals surface area contributed by atoms with Crippen LogP contribution in [0.3, 0.4) is 0 Å². The fourth-order valence-corrected chi connectivity index (χ4v) is 2.86. The van der Waals surface area contributed by atoms with E-state index in [1.807, 2.05) is 0 Å². The fraction of sp³-hybridized carbons (Fsp3) is 0.0833. The molecule has 0 amide bonds. The molecule has 2 rings (SSSR count). The first kappa shape index (κ1) is 13.8. The minimum atomic E-state index is 0.386. The molecular weight excluding hydrogens is 316 g/mol. The van der Waals surface area contributed by atoms with Crippen LogP contribution in [0.5, 0.6) is 5.75 Å². The van der Waals surface area contributed by atoms with E-state index in [9.17, 15) is 0 Å². The molecule has 0 radical (unpaired) electrons. The quantitative estimate of drug-likeness (QED) is 0.741. The van der Waals surface area contributed by atoms with Crippen LogP contribution in [-0.4, -0.2) is 12.1 Å². The van der Waals surface area contributed by atoms with Crippen molar-refractivity contribution in [2.45, 2.75) is 0 Å². The number of ether oxygens (including phenoxy) is 1. The Labute approximate surface area is 124 Å². The van der Waals surface area contributed by atoms with Crippen molar-refractivity contribution in [2.75, 3.05) is 7.11 Å². The van der Waals surface area contributed by atoms with Gasteiger partial charge in [0.05, 0.1) is 17.2 Å². The molecule has 94 valence electrons. The Hall–Kier alpha value is -0.670. The van der Waals surface area contributed by atoms with Crippen LogP contribution in [0.25, 0.3) is 11.1 Å². The zero-order valence-corrected chi connectivity index (χ0v) is 12.2. The predicted octanol–water partition coefficient (Wildman–Crippen LogP) is 5.37. The second-order valence-electron chi connectivity index (χ2n) is 3.45. The zero-order chi connectivity index (χ0) is 13.3. The van der Waals surface area contributed by atoms with E-state index in [-0.39, 0.29) is 0 Å². The van der Waals surface area contributed by atoms with Crippen LogP contribution in [0.4, 0.5) is 0 Å². The summed E-state index contributed by atoms with van der Waals surface area (Å²) in [5.74, 6) is 0.470. The van der Waals surface area contributed by atoms with Crippen molar-refractivity contribution in [3.63, 3.8) is 0 Å². The molecule has 6 heteroatoms. The third kappa shape index (κ3) is 2.52. The summed E-state index contributed by atoms with van der Waals surface area (Å²) in [7, 11) is 1.52. The number of nitrogens with zero attached hydrogens (tertiary/aromatic N) is 1. The van der Waals surface area contributed by atoms with Gasteiger partial charge in [-0.2, -0.15) is 0 Å². The van der Waals surface area contributed by atoms with Crippen molar-refractivity contribution < 1.29 is 4.74 Å². The number of hydrogen-bond donors (Lipinski definition) is 0. The first-order valence-electron chi connectivity index (χ1n) is 4.87. The van der Waals surface area contributed by atoms with Gasteiger partial charge in [0, 0.05) is 28.5 Å². The first-order valence-corrected chi connectivity index (χ1v) is 6.38. The van der Waals surface area contributed by atoms with Crippen molar-refractivity contribution in [1.29, 1.82) is 0 Å². The van der Waals surface area contributed by atoms with Gasteiger partial charge in [-0.25, -0.2) is 0 Å². The van der Waals surface area contributed by atoms with Gasteiger partial charge < -0.3 is 4.74 Å². The van der Waals surface area contributed by atoms with E-state index in [4.69, 9.17) is 51.1 Å². The number of benzene rings is 1. The molecule has 2 aromatic rings.